The lowest BCUT2D eigenvalue weighted by atomic mass is 10.1. The highest BCUT2D eigenvalue weighted by Crippen LogP contribution is 2.26. The van der Waals surface area contributed by atoms with Crippen molar-refractivity contribution in [1.29, 1.82) is 0 Å². The normalized spacial score (nSPS) is 27.7. The summed E-state index contributed by atoms with van der Waals surface area (Å²) in [6, 6.07) is 0. The zero-order chi connectivity index (χ0) is 9.97. The minimum atomic E-state index is -0.337. The van der Waals surface area contributed by atoms with Crippen molar-refractivity contribution in [3.8, 4) is 0 Å². The lowest BCUT2D eigenvalue weighted by Gasteiger charge is -2.12. The van der Waals surface area contributed by atoms with Crippen molar-refractivity contribution in [1.82, 2.24) is 0 Å². The van der Waals surface area contributed by atoms with Gasteiger partial charge in [0.25, 0.3) is 0 Å². The topological polar surface area (TPSA) is 52.6 Å². The van der Waals surface area contributed by atoms with Crippen LogP contribution in [-0.2, 0) is 19.1 Å². The van der Waals surface area contributed by atoms with Crippen LogP contribution in [0.25, 0.3) is 0 Å². The van der Waals surface area contributed by atoms with Gasteiger partial charge in [-0.15, -0.1) is 0 Å². The van der Waals surface area contributed by atoms with Crippen LogP contribution in [0.3, 0.4) is 0 Å². The lowest BCUT2D eigenvalue weighted by molar-refractivity contribution is -0.153. The van der Waals surface area contributed by atoms with Crippen LogP contribution in [0.4, 0.5) is 0 Å². The fraction of sp³-hybridized carbons (Fsp3) is 0.800. The van der Waals surface area contributed by atoms with E-state index in [-0.39, 0.29) is 37.0 Å². The van der Waals surface area contributed by atoms with Gasteiger partial charge in [0.15, 0.2) is 0 Å². The zero-order valence-corrected chi connectivity index (χ0v) is 8.03. The molecule has 0 bridgehead atoms. The van der Waals surface area contributed by atoms with E-state index in [1.165, 1.54) is 0 Å². The quantitative estimate of drug-likeness (QED) is 0.622. The largest absolute Gasteiger partial charge is 0.462 e. The summed E-state index contributed by atoms with van der Waals surface area (Å²) >= 11 is 0. The van der Waals surface area contributed by atoms with E-state index >= 15 is 0 Å². The van der Waals surface area contributed by atoms with Gasteiger partial charge in [0.05, 0.1) is 12.3 Å². The summed E-state index contributed by atoms with van der Waals surface area (Å²) in [5.74, 6) is -0.356. The minimum Gasteiger partial charge on any atom is -0.462 e. The Labute approximate surface area is 82.6 Å². The number of carbonyl (C=O) groups is 2. The Hall–Kier alpha value is -1.06. The molecule has 1 aliphatic heterocycles. The average Bonchev–Trinajstić information content (AvgIpc) is 2.75. The van der Waals surface area contributed by atoms with Crippen molar-refractivity contribution in [2.75, 3.05) is 6.61 Å². The van der Waals surface area contributed by atoms with Crippen molar-refractivity contribution < 1.29 is 19.1 Å². The molecule has 2 fully saturated rings. The summed E-state index contributed by atoms with van der Waals surface area (Å²) in [5.41, 5.74) is 0. The molecule has 78 valence electrons. The molecule has 0 spiro atoms. The van der Waals surface area contributed by atoms with E-state index < -0.39 is 0 Å². The molecule has 14 heavy (non-hydrogen) atoms. The number of rotatable bonds is 2. The van der Waals surface area contributed by atoms with Crippen LogP contribution in [0, 0.1) is 5.92 Å². The first-order chi connectivity index (χ1) is 6.75. The van der Waals surface area contributed by atoms with Crippen LogP contribution in [-0.4, -0.2) is 24.6 Å². The van der Waals surface area contributed by atoms with Gasteiger partial charge in [-0.1, -0.05) is 12.8 Å². The third-order valence-electron chi connectivity index (χ3n) is 2.80. The van der Waals surface area contributed by atoms with Crippen LogP contribution in [0.15, 0.2) is 0 Å². The summed E-state index contributed by atoms with van der Waals surface area (Å²) in [4.78, 5) is 22.3. The molecule has 1 aliphatic carbocycles. The lowest BCUT2D eigenvalue weighted by Crippen LogP contribution is -2.23. The van der Waals surface area contributed by atoms with E-state index in [1.54, 1.807) is 0 Å². The summed E-state index contributed by atoms with van der Waals surface area (Å²) in [7, 11) is 0. The standard InChI is InChI=1S/C10H14O4/c11-9-5-8(6-13-9)14-10(12)7-3-1-2-4-7/h7-8H,1-6H2. The van der Waals surface area contributed by atoms with Crippen molar-refractivity contribution in [3.63, 3.8) is 0 Å². The van der Waals surface area contributed by atoms with Crippen LogP contribution in [0.1, 0.15) is 32.1 Å². The van der Waals surface area contributed by atoms with Gasteiger partial charge < -0.3 is 9.47 Å². The van der Waals surface area contributed by atoms with Gasteiger partial charge in [-0.25, -0.2) is 0 Å². The number of hydrogen-bond donors (Lipinski definition) is 0. The fourth-order valence-electron chi connectivity index (χ4n) is 1.99. The molecule has 0 aromatic rings. The van der Waals surface area contributed by atoms with Gasteiger partial charge in [-0.3, -0.25) is 9.59 Å². The predicted octanol–water partition coefficient (Wildman–Crippen LogP) is 1.04. The number of cyclic esters (lactones) is 1. The summed E-state index contributed by atoms with van der Waals surface area (Å²) in [6.45, 7) is 0.233. The first-order valence-electron chi connectivity index (χ1n) is 5.12. The van der Waals surface area contributed by atoms with Crippen LogP contribution in [0.5, 0.6) is 0 Å². The second-order valence-corrected chi connectivity index (χ2v) is 3.93. The Bertz CT molecular complexity index is 243. The second-order valence-electron chi connectivity index (χ2n) is 3.93. The molecule has 4 nitrogen and oxygen atoms in total. The van der Waals surface area contributed by atoms with Gasteiger partial charge in [-0.2, -0.15) is 0 Å². The van der Waals surface area contributed by atoms with E-state index in [0.717, 1.165) is 25.7 Å². The molecule has 0 amide bonds. The number of ether oxygens (including phenoxy) is 2. The number of hydrogen-bond acceptors (Lipinski definition) is 4. The third kappa shape index (κ3) is 2.05. The molecule has 1 unspecified atom stereocenters. The Morgan fingerprint density at radius 3 is 2.64 bits per heavy atom. The molecule has 1 saturated carbocycles. The SMILES string of the molecule is O=C1CC(OC(=O)C2CCCC2)CO1. The molecule has 2 aliphatic rings. The first kappa shape index (κ1) is 9.49. The van der Waals surface area contributed by atoms with E-state index in [9.17, 15) is 9.59 Å². The van der Waals surface area contributed by atoms with E-state index in [2.05, 4.69) is 0 Å². The maximum absolute atomic E-state index is 11.5. The summed E-state index contributed by atoms with van der Waals surface area (Å²) in [6.07, 6.45) is 3.97. The van der Waals surface area contributed by atoms with Crippen LogP contribution < -0.4 is 0 Å². The highest BCUT2D eigenvalue weighted by molar-refractivity contribution is 5.75. The molecular weight excluding hydrogens is 184 g/mol. The average molecular weight is 198 g/mol. The smallest absolute Gasteiger partial charge is 0.309 e. The molecule has 1 atom stereocenters. The molecular formula is C10H14O4. The van der Waals surface area contributed by atoms with Crippen molar-refractivity contribution >= 4 is 11.9 Å². The maximum Gasteiger partial charge on any atom is 0.309 e. The Morgan fingerprint density at radius 2 is 2.07 bits per heavy atom. The van der Waals surface area contributed by atoms with Gasteiger partial charge in [-0.05, 0) is 12.8 Å². The summed E-state index contributed by atoms with van der Waals surface area (Å²) in [5, 5.41) is 0. The minimum absolute atomic E-state index is 0.0608. The molecule has 0 aromatic heterocycles. The van der Waals surface area contributed by atoms with Crippen molar-refractivity contribution in [2.24, 2.45) is 5.92 Å². The monoisotopic (exact) mass is 198 g/mol. The number of carbonyl (C=O) groups excluding carboxylic acids is 2. The fourth-order valence-corrected chi connectivity index (χ4v) is 1.99. The third-order valence-corrected chi connectivity index (χ3v) is 2.80. The van der Waals surface area contributed by atoms with E-state index in [0.29, 0.717) is 0 Å². The second kappa shape index (κ2) is 3.98. The molecule has 0 N–H and O–H groups in total. The molecule has 0 aromatic carbocycles. The maximum atomic E-state index is 11.5. The van der Waals surface area contributed by atoms with E-state index in [1.807, 2.05) is 0 Å². The van der Waals surface area contributed by atoms with Gasteiger partial charge in [0, 0.05) is 0 Å². The first-order valence-corrected chi connectivity index (χ1v) is 5.12. The highest BCUT2D eigenvalue weighted by Gasteiger charge is 2.31. The van der Waals surface area contributed by atoms with Crippen LogP contribution in [0.2, 0.25) is 0 Å². The van der Waals surface area contributed by atoms with Crippen LogP contribution >= 0.6 is 0 Å². The molecule has 1 saturated heterocycles. The van der Waals surface area contributed by atoms with E-state index in [4.69, 9.17) is 9.47 Å². The van der Waals surface area contributed by atoms with Crippen molar-refractivity contribution in [3.05, 3.63) is 0 Å². The predicted molar refractivity (Wildman–Crippen MR) is 47.4 cm³/mol. The van der Waals surface area contributed by atoms with Crippen molar-refractivity contribution in [2.45, 2.75) is 38.2 Å². The molecule has 2 rings (SSSR count). The van der Waals surface area contributed by atoms with Gasteiger partial charge in [0.1, 0.15) is 12.7 Å². The molecule has 0 radical (unpaired) electrons. The zero-order valence-electron chi connectivity index (χ0n) is 8.03. The molecule has 4 heteroatoms. The highest BCUT2D eigenvalue weighted by atomic mass is 16.6. The summed E-state index contributed by atoms with van der Waals surface area (Å²) < 4.78 is 9.89. The van der Waals surface area contributed by atoms with Gasteiger partial charge in [0.2, 0.25) is 0 Å². The van der Waals surface area contributed by atoms with Gasteiger partial charge >= 0.3 is 11.9 Å². The Morgan fingerprint density at radius 1 is 1.36 bits per heavy atom. The Balaban J connectivity index is 1.79. The molecule has 1 heterocycles. The number of esters is 2. The Kier molecular flexibility index (Phi) is 2.70.